The van der Waals surface area contributed by atoms with Crippen molar-refractivity contribution >= 4 is 21.8 Å². The third kappa shape index (κ3) is 5.69. The van der Waals surface area contributed by atoms with E-state index in [-0.39, 0.29) is 30.2 Å². The van der Waals surface area contributed by atoms with Crippen LogP contribution in [0.1, 0.15) is 44.2 Å². The highest BCUT2D eigenvalue weighted by Gasteiger charge is 2.31. The Labute approximate surface area is 182 Å². The summed E-state index contributed by atoms with van der Waals surface area (Å²) in [7, 11) is -3.96. The molecule has 3 rings (SSSR count). The third-order valence-corrected chi connectivity index (χ3v) is 5.99. The zero-order chi connectivity index (χ0) is 22.6. The molecule has 9 heteroatoms. The zero-order valence-electron chi connectivity index (χ0n) is 17.7. The van der Waals surface area contributed by atoms with Crippen molar-refractivity contribution in [1.29, 1.82) is 0 Å². The molecule has 0 fully saturated rings. The van der Waals surface area contributed by atoms with Crippen LogP contribution >= 0.6 is 0 Å². The van der Waals surface area contributed by atoms with Gasteiger partial charge in [-0.3, -0.25) is 4.79 Å². The summed E-state index contributed by atoms with van der Waals surface area (Å²) in [5, 5.41) is 12.5. The first-order valence-corrected chi connectivity index (χ1v) is 11.4. The number of benzene rings is 2. The SMILES string of the molecule is CC(C)NC(=O)CC(C)c1ccc(N2C=C(O)NS2(=O)=O)c(OCc2ccccc2)c1. The van der Waals surface area contributed by atoms with Crippen molar-refractivity contribution in [3.05, 3.63) is 71.7 Å². The Morgan fingerprint density at radius 3 is 2.48 bits per heavy atom. The summed E-state index contributed by atoms with van der Waals surface area (Å²) in [5.41, 5.74) is 2.02. The Bertz CT molecular complexity index is 1070. The van der Waals surface area contributed by atoms with Gasteiger partial charge in [-0.05, 0) is 43.0 Å². The van der Waals surface area contributed by atoms with Crippen molar-refractivity contribution in [3.8, 4) is 5.75 Å². The second-order valence-electron chi connectivity index (χ2n) is 7.75. The molecule has 166 valence electrons. The number of ether oxygens (including phenoxy) is 1. The molecule has 8 nitrogen and oxygen atoms in total. The molecule has 31 heavy (non-hydrogen) atoms. The average Bonchev–Trinajstić information content (AvgIpc) is 2.98. The summed E-state index contributed by atoms with van der Waals surface area (Å²) in [4.78, 5) is 12.2. The molecule has 1 amide bonds. The fourth-order valence-electron chi connectivity index (χ4n) is 3.23. The molecule has 3 N–H and O–H groups in total. The number of nitrogens with zero attached hydrogens (tertiary/aromatic N) is 1. The second-order valence-corrected chi connectivity index (χ2v) is 9.29. The minimum atomic E-state index is -3.96. The van der Waals surface area contributed by atoms with Crippen LogP contribution in [-0.2, 0) is 21.6 Å². The van der Waals surface area contributed by atoms with E-state index in [2.05, 4.69) is 5.32 Å². The van der Waals surface area contributed by atoms with Crippen molar-refractivity contribution in [2.24, 2.45) is 0 Å². The van der Waals surface area contributed by atoms with Crippen LogP contribution in [0.5, 0.6) is 5.75 Å². The van der Waals surface area contributed by atoms with E-state index in [9.17, 15) is 18.3 Å². The predicted octanol–water partition coefficient (Wildman–Crippen LogP) is 3.30. The molecule has 0 radical (unpaired) electrons. The standard InChI is InChI=1S/C22H27N3O5S/c1-15(2)23-21(26)11-16(3)18-9-10-19(25-13-22(27)24-31(25,28)29)20(12-18)30-14-17-7-5-4-6-8-17/h4-10,12-13,15-16,24,27H,11,14H2,1-3H3,(H,23,26). The molecule has 0 aromatic heterocycles. The Balaban J connectivity index is 1.90. The molecule has 0 aliphatic carbocycles. The van der Waals surface area contributed by atoms with Gasteiger partial charge >= 0.3 is 10.2 Å². The van der Waals surface area contributed by atoms with Crippen molar-refractivity contribution < 1.29 is 23.1 Å². The van der Waals surface area contributed by atoms with Crippen molar-refractivity contribution in [2.75, 3.05) is 4.31 Å². The van der Waals surface area contributed by atoms with E-state index in [0.29, 0.717) is 12.2 Å². The maximum atomic E-state index is 12.4. The van der Waals surface area contributed by atoms with Gasteiger partial charge < -0.3 is 15.2 Å². The monoisotopic (exact) mass is 445 g/mol. The Hall–Kier alpha value is -3.20. The minimum absolute atomic E-state index is 0.0548. The first-order chi connectivity index (χ1) is 14.7. The number of nitrogens with one attached hydrogen (secondary N) is 2. The molecule has 2 aromatic rings. The fraction of sp³-hybridized carbons (Fsp3) is 0.318. The highest BCUT2D eigenvalue weighted by Crippen LogP contribution is 2.36. The Kier molecular flexibility index (Phi) is 6.74. The van der Waals surface area contributed by atoms with Crippen molar-refractivity contribution in [3.63, 3.8) is 0 Å². The molecule has 0 spiro atoms. The van der Waals surface area contributed by atoms with Crippen LogP contribution < -0.4 is 19.1 Å². The molecule has 2 aromatic carbocycles. The predicted molar refractivity (Wildman–Crippen MR) is 119 cm³/mol. The molecule has 1 aliphatic rings. The molecule has 0 saturated heterocycles. The van der Waals surface area contributed by atoms with Gasteiger partial charge in [-0.25, -0.2) is 9.03 Å². The van der Waals surface area contributed by atoms with Crippen LogP contribution in [-0.4, -0.2) is 25.5 Å². The lowest BCUT2D eigenvalue weighted by Gasteiger charge is -2.21. The van der Waals surface area contributed by atoms with E-state index >= 15 is 0 Å². The van der Waals surface area contributed by atoms with E-state index in [4.69, 9.17) is 4.74 Å². The molecule has 1 heterocycles. The smallest absolute Gasteiger partial charge is 0.330 e. The molecule has 1 atom stereocenters. The molecular formula is C22H27N3O5S. The van der Waals surface area contributed by atoms with Crippen LogP contribution in [0.25, 0.3) is 0 Å². The summed E-state index contributed by atoms with van der Waals surface area (Å²) in [6.45, 7) is 5.97. The quantitative estimate of drug-likeness (QED) is 0.578. The number of aliphatic hydroxyl groups excluding tert-OH is 1. The average molecular weight is 446 g/mol. The van der Waals surface area contributed by atoms with Crippen molar-refractivity contribution in [2.45, 2.75) is 45.8 Å². The van der Waals surface area contributed by atoms with Crippen LogP contribution in [0, 0.1) is 0 Å². The summed E-state index contributed by atoms with van der Waals surface area (Å²) >= 11 is 0. The lowest BCUT2D eigenvalue weighted by atomic mass is 9.96. The molecule has 1 aliphatic heterocycles. The van der Waals surface area contributed by atoms with E-state index in [1.165, 1.54) is 0 Å². The van der Waals surface area contributed by atoms with Gasteiger partial charge in [0.05, 0.1) is 6.20 Å². The van der Waals surface area contributed by atoms with Crippen LogP contribution in [0.3, 0.4) is 0 Å². The van der Waals surface area contributed by atoms with Crippen molar-refractivity contribution in [1.82, 2.24) is 10.0 Å². The number of rotatable bonds is 8. The number of aliphatic hydroxyl groups is 1. The zero-order valence-corrected chi connectivity index (χ0v) is 18.5. The van der Waals surface area contributed by atoms with E-state index in [1.54, 1.807) is 18.2 Å². The first kappa shape index (κ1) is 22.5. The topological polar surface area (TPSA) is 108 Å². The lowest BCUT2D eigenvalue weighted by molar-refractivity contribution is -0.121. The first-order valence-electron chi connectivity index (χ1n) is 9.98. The molecule has 0 saturated carbocycles. The van der Waals surface area contributed by atoms with Crippen LogP contribution in [0.4, 0.5) is 5.69 Å². The maximum absolute atomic E-state index is 12.4. The number of amides is 1. The second kappa shape index (κ2) is 9.30. The van der Waals surface area contributed by atoms with Gasteiger partial charge in [-0.1, -0.05) is 43.3 Å². The molecular weight excluding hydrogens is 418 g/mol. The number of anilines is 1. The Morgan fingerprint density at radius 1 is 1.16 bits per heavy atom. The molecule has 1 unspecified atom stereocenters. The summed E-state index contributed by atoms with van der Waals surface area (Å²) in [6, 6.07) is 14.7. The van der Waals surface area contributed by atoms with Gasteiger partial charge in [-0.2, -0.15) is 8.42 Å². The summed E-state index contributed by atoms with van der Waals surface area (Å²) in [6.07, 6.45) is 1.37. The van der Waals surface area contributed by atoms with Gasteiger partial charge in [0.15, 0.2) is 0 Å². The lowest BCUT2D eigenvalue weighted by Crippen LogP contribution is -2.31. The van der Waals surface area contributed by atoms with Crippen LogP contribution in [0.2, 0.25) is 0 Å². The number of carbonyl (C=O) groups excluding carboxylic acids is 1. The van der Waals surface area contributed by atoms with E-state index < -0.39 is 16.1 Å². The third-order valence-electron chi connectivity index (χ3n) is 4.70. The highest BCUT2D eigenvalue weighted by atomic mass is 32.2. The van der Waals surface area contributed by atoms with Gasteiger partial charge in [0, 0.05) is 12.5 Å². The van der Waals surface area contributed by atoms with E-state index in [1.807, 2.05) is 55.8 Å². The molecule has 0 bridgehead atoms. The van der Waals surface area contributed by atoms with E-state index in [0.717, 1.165) is 21.6 Å². The van der Waals surface area contributed by atoms with Gasteiger partial charge in [0.2, 0.25) is 11.8 Å². The van der Waals surface area contributed by atoms with Gasteiger partial charge in [-0.15, -0.1) is 0 Å². The van der Waals surface area contributed by atoms with Gasteiger partial charge in [0.25, 0.3) is 0 Å². The number of hydrogen-bond donors (Lipinski definition) is 3. The van der Waals surface area contributed by atoms with Crippen LogP contribution in [0.15, 0.2) is 60.6 Å². The number of hydrogen-bond acceptors (Lipinski definition) is 5. The largest absolute Gasteiger partial charge is 0.493 e. The summed E-state index contributed by atoms with van der Waals surface area (Å²) in [5.74, 6) is -0.313. The Morgan fingerprint density at radius 2 is 1.87 bits per heavy atom. The summed E-state index contributed by atoms with van der Waals surface area (Å²) < 4.78 is 33.7. The maximum Gasteiger partial charge on any atom is 0.330 e. The van der Waals surface area contributed by atoms with Gasteiger partial charge in [0.1, 0.15) is 18.0 Å². The highest BCUT2D eigenvalue weighted by molar-refractivity contribution is 7.91. The normalized spacial score (nSPS) is 15.9. The fourth-order valence-corrected chi connectivity index (χ4v) is 4.30. The minimum Gasteiger partial charge on any atom is -0.493 e. The number of carbonyl (C=O) groups is 1.